The lowest BCUT2D eigenvalue weighted by Gasteiger charge is -2.17. The Morgan fingerprint density at radius 1 is 0.923 bits per heavy atom. The molecule has 0 aromatic carbocycles. The summed E-state index contributed by atoms with van der Waals surface area (Å²) in [5, 5.41) is 0. The summed E-state index contributed by atoms with van der Waals surface area (Å²) < 4.78 is 16.0. The lowest BCUT2D eigenvalue weighted by molar-refractivity contribution is 0.272. The molecular formula is C7H17ClO3P2. The third-order valence-corrected chi connectivity index (χ3v) is 5.74. The second-order valence-corrected chi connectivity index (χ2v) is 6.38. The maximum atomic E-state index is 5.95. The topological polar surface area (TPSA) is 27.7 Å². The van der Waals surface area contributed by atoms with Crippen molar-refractivity contribution in [1.82, 2.24) is 0 Å². The molecular weight excluding hydrogens is 229 g/mol. The maximum Gasteiger partial charge on any atom is 0.178 e. The monoisotopic (exact) mass is 246 g/mol. The molecule has 0 amide bonds. The van der Waals surface area contributed by atoms with Gasteiger partial charge in [0.25, 0.3) is 0 Å². The summed E-state index contributed by atoms with van der Waals surface area (Å²) in [6, 6.07) is 0. The molecule has 1 atom stereocenters. The van der Waals surface area contributed by atoms with Crippen LogP contribution in [0.15, 0.2) is 0 Å². The van der Waals surface area contributed by atoms with Gasteiger partial charge in [-0.25, -0.2) is 0 Å². The smallest absolute Gasteiger partial charge is 0.178 e. The highest BCUT2D eigenvalue weighted by Crippen LogP contribution is 2.55. The fraction of sp³-hybridized carbons (Fsp3) is 1.00. The molecule has 1 unspecified atom stereocenters. The van der Waals surface area contributed by atoms with Crippen molar-refractivity contribution < 1.29 is 13.6 Å². The van der Waals surface area contributed by atoms with Crippen molar-refractivity contribution in [3.8, 4) is 0 Å². The molecule has 13 heavy (non-hydrogen) atoms. The SMILES string of the molecule is CCOP(Cl)CP(OCC)OCC. The first kappa shape index (κ1) is 14.0. The van der Waals surface area contributed by atoms with E-state index in [1.54, 1.807) is 0 Å². The summed E-state index contributed by atoms with van der Waals surface area (Å²) in [7, 11) is -1.73. The van der Waals surface area contributed by atoms with Crippen molar-refractivity contribution in [3.05, 3.63) is 0 Å². The summed E-state index contributed by atoms with van der Waals surface area (Å²) in [5.41, 5.74) is 0. The van der Waals surface area contributed by atoms with Crippen LogP contribution in [0.4, 0.5) is 0 Å². The average Bonchev–Trinajstić information content (AvgIpc) is 2.05. The molecule has 0 spiro atoms. The first-order valence-electron chi connectivity index (χ1n) is 4.34. The van der Waals surface area contributed by atoms with Crippen molar-refractivity contribution >= 4 is 27.1 Å². The highest BCUT2D eigenvalue weighted by atomic mass is 35.7. The van der Waals surface area contributed by atoms with Gasteiger partial charge in [0.05, 0.1) is 19.1 Å². The summed E-state index contributed by atoms with van der Waals surface area (Å²) in [6.07, 6.45) is 0. The van der Waals surface area contributed by atoms with E-state index in [1.807, 2.05) is 20.8 Å². The van der Waals surface area contributed by atoms with Crippen LogP contribution < -0.4 is 0 Å². The molecule has 0 radical (unpaired) electrons. The van der Waals surface area contributed by atoms with Gasteiger partial charge in [-0.05, 0) is 20.8 Å². The van der Waals surface area contributed by atoms with E-state index in [-0.39, 0.29) is 0 Å². The van der Waals surface area contributed by atoms with E-state index < -0.39 is 15.9 Å². The van der Waals surface area contributed by atoms with Crippen LogP contribution in [0, 0.1) is 0 Å². The summed E-state index contributed by atoms with van der Waals surface area (Å²) in [4.78, 5) is 0. The largest absolute Gasteiger partial charge is 0.343 e. The molecule has 0 N–H and O–H groups in total. The normalized spacial score (nSPS) is 13.6. The molecule has 6 heteroatoms. The Kier molecular flexibility index (Phi) is 10.3. The minimum absolute atomic E-state index is 0.649. The van der Waals surface area contributed by atoms with Gasteiger partial charge in [-0.15, -0.1) is 0 Å². The van der Waals surface area contributed by atoms with E-state index in [0.717, 1.165) is 0 Å². The molecule has 0 aliphatic carbocycles. The average molecular weight is 247 g/mol. The van der Waals surface area contributed by atoms with E-state index >= 15 is 0 Å². The standard InChI is InChI=1S/C7H17ClO3P2/c1-4-9-12(8)7-13(10-5-2)11-6-3/h4-7H2,1-3H3. The molecule has 0 bridgehead atoms. The Morgan fingerprint density at radius 3 is 1.77 bits per heavy atom. The van der Waals surface area contributed by atoms with Crippen molar-refractivity contribution in [2.75, 3.05) is 25.7 Å². The number of halogens is 1. The third kappa shape index (κ3) is 8.05. The minimum Gasteiger partial charge on any atom is -0.343 e. The van der Waals surface area contributed by atoms with E-state index in [0.29, 0.717) is 25.7 Å². The van der Waals surface area contributed by atoms with E-state index in [4.69, 9.17) is 24.8 Å². The van der Waals surface area contributed by atoms with Crippen molar-refractivity contribution in [2.45, 2.75) is 20.8 Å². The fourth-order valence-corrected chi connectivity index (χ4v) is 4.39. The zero-order valence-corrected chi connectivity index (χ0v) is 10.9. The van der Waals surface area contributed by atoms with E-state index in [1.165, 1.54) is 0 Å². The van der Waals surface area contributed by atoms with Gasteiger partial charge in [-0.3, -0.25) is 0 Å². The molecule has 3 nitrogen and oxygen atoms in total. The van der Waals surface area contributed by atoms with Gasteiger partial charge < -0.3 is 13.6 Å². The van der Waals surface area contributed by atoms with Gasteiger partial charge in [-0.2, -0.15) is 0 Å². The molecule has 0 heterocycles. The van der Waals surface area contributed by atoms with Crippen LogP contribution in [0.1, 0.15) is 20.8 Å². The van der Waals surface area contributed by atoms with Gasteiger partial charge in [0.15, 0.2) is 8.38 Å². The molecule has 0 saturated carbocycles. The van der Waals surface area contributed by atoms with Gasteiger partial charge in [0, 0.05) is 6.61 Å². The molecule has 0 saturated heterocycles. The van der Waals surface area contributed by atoms with Crippen molar-refractivity contribution in [2.24, 2.45) is 0 Å². The minimum atomic E-state index is -0.892. The summed E-state index contributed by atoms with van der Waals surface area (Å²) >= 11 is 5.95. The van der Waals surface area contributed by atoms with Crippen molar-refractivity contribution in [1.29, 1.82) is 0 Å². The van der Waals surface area contributed by atoms with E-state index in [9.17, 15) is 0 Å². The molecule has 0 aliphatic heterocycles. The Bertz CT molecular complexity index is 112. The van der Waals surface area contributed by atoms with Gasteiger partial charge in [-0.1, -0.05) is 11.2 Å². The second-order valence-electron chi connectivity index (χ2n) is 2.05. The summed E-state index contributed by atoms with van der Waals surface area (Å²) in [6.45, 7) is 7.81. The molecule has 0 aromatic rings. The first-order valence-corrected chi connectivity index (χ1v) is 8.05. The molecule has 80 valence electrons. The van der Waals surface area contributed by atoms with Gasteiger partial charge in [0.2, 0.25) is 0 Å². The molecule has 0 aliphatic rings. The van der Waals surface area contributed by atoms with Crippen LogP contribution in [0.5, 0.6) is 0 Å². The maximum absolute atomic E-state index is 5.95. The molecule has 0 fully saturated rings. The quantitative estimate of drug-likeness (QED) is 0.608. The predicted molar refractivity (Wildman–Crippen MR) is 59.4 cm³/mol. The lowest BCUT2D eigenvalue weighted by atomic mass is 10.9. The van der Waals surface area contributed by atoms with Crippen LogP contribution in [0.25, 0.3) is 0 Å². The zero-order chi connectivity index (χ0) is 10.1. The Labute approximate surface area is 87.6 Å². The van der Waals surface area contributed by atoms with Crippen LogP contribution in [-0.2, 0) is 13.6 Å². The zero-order valence-electron chi connectivity index (χ0n) is 8.33. The number of rotatable bonds is 8. The number of hydrogen-bond donors (Lipinski definition) is 0. The lowest BCUT2D eigenvalue weighted by Crippen LogP contribution is -1.94. The van der Waals surface area contributed by atoms with Crippen LogP contribution >= 0.6 is 27.1 Å². The highest BCUT2D eigenvalue weighted by Gasteiger charge is 2.16. The Hall–Kier alpha value is 1.03. The van der Waals surface area contributed by atoms with Crippen molar-refractivity contribution in [3.63, 3.8) is 0 Å². The van der Waals surface area contributed by atoms with E-state index in [2.05, 4.69) is 0 Å². The first-order chi connectivity index (χ1) is 6.24. The Balaban J connectivity index is 3.64. The Morgan fingerprint density at radius 2 is 1.38 bits per heavy atom. The number of hydrogen-bond acceptors (Lipinski definition) is 3. The van der Waals surface area contributed by atoms with Crippen LogP contribution in [-0.4, -0.2) is 25.7 Å². The molecule has 0 aromatic heterocycles. The van der Waals surface area contributed by atoms with Crippen LogP contribution in [0.2, 0.25) is 0 Å². The summed E-state index contributed by atoms with van der Waals surface area (Å²) in [5.74, 6) is 0.696. The molecule has 0 rings (SSSR count). The fourth-order valence-electron chi connectivity index (χ4n) is 0.679. The third-order valence-electron chi connectivity index (χ3n) is 1.04. The van der Waals surface area contributed by atoms with Gasteiger partial charge >= 0.3 is 0 Å². The second kappa shape index (κ2) is 9.58. The predicted octanol–water partition coefficient (Wildman–Crippen LogP) is 3.92. The van der Waals surface area contributed by atoms with Crippen LogP contribution in [0.3, 0.4) is 0 Å². The highest BCUT2D eigenvalue weighted by molar-refractivity contribution is 7.86. The van der Waals surface area contributed by atoms with Gasteiger partial charge in [0.1, 0.15) is 7.50 Å².